The molecule has 0 radical (unpaired) electrons. The van der Waals surface area contributed by atoms with Gasteiger partial charge in [-0.05, 0) is 70.7 Å². The molecule has 2 bridgehead atoms. The van der Waals surface area contributed by atoms with Crippen molar-refractivity contribution in [2.75, 3.05) is 43.1 Å². The number of ether oxygens (including phenoxy) is 2. The summed E-state index contributed by atoms with van der Waals surface area (Å²) in [6, 6.07) is 6.80. The van der Waals surface area contributed by atoms with Crippen LogP contribution in [0.2, 0.25) is 0 Å². The van der Waals surface area contributed by atoms with Crippen LogP contribution in [0.3, 0.4) is 0 Å². The van der Waals surface area contributed by atoms with Crippen LogP contribution >= 0.6 is 15.9 Å². The van der Waals surface area contributed by atoms with Crippen LogP contribution in [0.25, 0.3) is 0 Å². The number of halogens is 1. The van der Waals surface area contributed by atoms with Crippen molar-refractivity contribution in [3.8, 4) is 0 Å². The summed E-state index contributed by atoms with van der Waals surface area (Å²) >= 11 is 3.65. The fraction of sp³-hybridized carbons (Fsp3) is 0.667. The van der Waals surface area contributed by atoms with E-state index in [1.54, 1.807) is 11.8 Å². The van der Waals surface area contributed by atoms with E-state index in [4.69, 9.17) is 14.6 Å². The minimum atomic E-state index is -1.10. The summed E-state index contributed by atoms with van der Waals surface area (Å²) in [7, 11) is 0. The Morgan fingerprint density at radius 2 is 1.89 bits per heavy atom. The topological polar surface area (TPSA) is 108 Å². The van der Waals surface area contributed by atoms with Gasteiger partial charge in [0.15, 0.2) is 0 Å². The molecule has 0 saturated carbocycles. The number of aliphatic hydroxyl groups excluding tert-OH is 1. The van der Waals surface area contributed by atoms with Gasteiger partial charge in [0.1, 0.15) is 11.6 Å². The summed E-state index contributed by atoms with van der Waals surface area (Å²) in [5.74, 6) is -2.52. The first-order valence-corrected chi connectivity index (χ1v) is 14.3. The highest BCUT2D eigenvalue weighted by Gasteiger charge is 2.76. The molecule has 2 amide bonds. The minimum Gasteiger partial charge on any atom is -0.466 e. The number of amides is 2. The molecule has 3 saturated heterocycles. The number of unbranched alkanes of at least 4 members (excludes halogenated alkanes) is 2. The Kier molecular flexibility index (Phi) is 8.81. The first-order chi connectivity index (χ1) is 17.8. The highest BCUT2D eigenvalue weighted by atomic mass is 79.9. The Hall–Kier alpha value is -2.17. The Morgan fingerprint density at radius 1 is 1.19 bits per heavy atom. The molecule has 1 spiro atoms. The lowest BCUT2D eigenvalue weighted by atomic mass is 9.70. The molecule has 3 heterocycles. The molecular formula is C27H38BrN3O6. The molecule has 4 rings (SSSR count). The fourth-order valence-corrected chi connectivity index (χ4v) is 7.25. The number of carbonyl (C=O) groups excluding carboxylic acids is 3. The summed E-state index contributed by atoms with van der Waals surface area (Å²) in [5.41, 5.74) is 0.606. The van der Waals surface area contributed by atoms with Crippen LogP contribution in [0, 0.1) is 11.8 Å². The zero-order chi connectivity index (χ0) is 26.7. The van der Waals surface area contributed by atoms with Crippen LogP contribution in [0.1, 0.15) is 46.5 Å². The zero-order valence-corrected chi connectivity index (χ0v) is 23.4. The van der Waals surface area contributed by atoms with Crippen LogP contribution in [-0.2, 0) is 23.9 Å². The van der Waals surface area contributed by atoms with Gasteiger partial charge >= 0.3 is 5.97 Å². The van der Waals surface area contributed by atoms with Gasteiger partial charge in [-0.15, -0.1) is 0 Å². The van der Waals surface area contributed by atoms with Crippen LogP contribution in [0.4, 0.5) is 11.4 Å². The first-order valence-electron chi connectivity index (χ1n) is 13.4. The van der Waals surface area contributed by atoms with Crippen LogP contribution in [0.5, 0.6) is 0 Å². The highest BCUT2D eigenvalue weighted by molar-refractivity contribution is 9.09. The second-order valence-electron chi connectivity index (χ2n) is 9.94. The van der Waals surface area contributed by atoms with Crippen molar-refractivity contribution in [1.82, 2.24) is 4.90 Å². The molecule has 0 aliphatic carbocycles. The lowest BCUT2D eigenvalue weighted by Gasteiger charge is -2.34. The molecule has 3 fully saturated rings. The van der Waals surface area contributed by atoms with Crippen molar-refractivity contribution >= 4 is 45.1 Å². The Morgan fingerprint density at radius 3 is 2.51 bits per heavy atom. The quantitative estimate of drug-likeness (QED) is 0.222. The summed E-state index contributed by atoms with van der Waals surface area (Å²) in [5, 5.41) is 12.2. The van der Waals surface area contributed by atoms with Gasteiger partial charge in [-0.1, -0.05) is 15.9 Å². The summed E-state index contributed by atoms with van der Waals surface area (Å²) < 4.78 is 11.8. The zero-order valence-electron chi connectivity index (χ0n) is 21.8. The van der Waals surface area contributed by atoms with E-state index in [1.807, 2.05) is 24.3 Å². The van der Waals surface area contributed by atoms with Crippen LogP contribution in [-0.4, -0.2) is 83.2 Å². The van der Waals surface area contributed by atoms with E-state index in [9.17, 15) is 14.4 Å². The average molecular weight is 581 g/mol. The van der Waals surface area contributed by atoms with E-state index in [1.165, 1.54) is 0 Å². The molecule has 1 unspecified atom stereocenters. The molecule has 204 valence electrons. The normalized spacial score (nSPS) is 29.9. The van der Waals surface area contributed by atoms with Gasteiger partial charge in [-0.3, -0.25) is 14.4 Å². The van der Waals surface area contributed by atoms with Gasteiger partial charge in [0, 0.05) is 42.4 Å². The molecule has 1 aromatic rings. The van der Waals surface area contributed by atoms with Crippen molar-refractivity contribution < 1.29 is 29.0 Å². The summed E-state index contributed by atoms with van der Waals surface area (Å²) in [6.07, 6.45) is 1.93. The van der Waals surface area contributed by atoms with Gasteiger partial charge in [0.05, 0.1) is 24.5 Å². The second-order valence-corrected chi connectivity index (χ2v) is 11.1. The number of fused-ring (bicyclic) bond motifs is 1. The summed E-state index contributed by atoms with van der Waals surface area (Å²) in [4.78, 5) is 44.3. The van der Waals surface area contributed by atoms with Gasteiger partial charge in [0.25, 0.3) is 0 Å². The third kappa shape index (κ3) is 5.00. The molecule has 37 heavy (non-hydrogen) atoms. The Labute approximate surface area is 227 Å². The van der Waals surface area contributed by atoms with Crippen LogP contribution in [0.15, 0.2) is 24.3 Å². The number of hydrogen-bond acceptors (Lipinski definition) is 7. The third-order valence-corrected chi connectivity index (χ3v) is 8.76. The van der Waals surface area contributed by atoms with Crippen molar-refractivity contribution in [1.29, 1.82) is 0 Å². The first kappa shape index (κ1) is 27.9. The molecule has 9 nitrogen and oxygen atoms in total. The third-order valence-electron chi connectivity index (χ3n) is 7.92. The lowest BCUT2D eigenvalue weighted by molar-refractivity contribution is -0.154. The van der Waals surface area contributed by atoms with E-state index < -0.39 is 35.6 Å². The maximum Gasteiger partial charge on any atom is 0.312 e. The molecule has 10 heteroatoms. The number of benzene rings is 1. The predicted octanol–water partition coefficient (Wildman–Crippen LogP) is 2.95. The van der Waals surface area contributed by atoms with Gasteiger partial charge in [0.2, 0.25) is 11.8 Å². The number of alkyl halides is 1. The van der Waals surface area contributed by atoms with Crippen molar-refractivity contribution in [2.45, 2.75) is 69.0 Å². The number of nitrogens with one attached hydrogen (secondary N) is 1. The number of anilines is 2. The van der Waals surface area contributed by atoms with Crippen molar-refractivity contribution in [3.63, 3.8) is 0 Å². The second kappa shape index (κ2) is 11.7. The van der Waals surface area contributed by atoms with Gasteiger partial charge in [-0.25, -0.2) is 0 Å². The Bertz CT molecular complexity index is 987. The standard InChI is InChI=1S/C27H38BrN3O6/c1-4-30(5-2)18-12-10-17(11-13-18)29-24(33)23-27-16-19(28)22(37-27)20(26(35)36-6-3)21(27)25(34)31(23)14-8-7-9-15-32/h10-13,19-23,32H,4-9,14-16H2,1-3H3,(H,29,33)/t19?,20-,21+,22-,23-,27+/m1/s1. The Balaban J connectivity index is 1.62. The number of hydrogen-bond donors (Lipinski definition) is 2. The number of nitrogens with zero attached hydrogens (tertiary/aromatic N) is 2. The maximum absolute atomic E-state index is 13.9. The molecule has 1 aromatic carbocycles. The van der Waals surface area contributed by atoms with Crippen molar-refractivity contribution in [2.24, 2.45) is 11.8 Å². The number of aliphatic hydroxyl groups is 1. The number of esters is 1. The van der Waals surface area contributed by atoms with E-state index in [2.05, 4.69) is 40.0 Å². The maximum atomic E-state index is 13.9. The molecule has 0 aromatic heterocycles. The largest absolute Gasteiger partial charge is 0.466 e. The molecule has 3 aliphatic heterocycles. The van der Waals surface area contributed by atoms with Crippen LogP contribution < -0.4 is 10.2 Å². The van der Waals surface area contributed by atoms with Gasteiger partial charge < -0.3 is 29.7 Å². The minimum absolute atomic E-state index is 0.0783. The predicted molar refractivity (Wildman–Crippen MR) is 144 cm³/mol. The smallest absolute Gasteiger partial charge is 0.312 e. The lowest BCUT2D eigenvalue weighted by Crippen LogP contribution is -2.54. The van der Waals surface area contributed by atoms with E-state index in [0.29, 0.717) is 31.5 Å². The molecule has 3 aliphatic rings. The average Bonchev–Trinajstić information content (AvgIpc) is 3.47. The number of carbonyl (C=O) groups is 3. The monoisotopic (exact) mass is 579 g/mol. The fourth-order valence-electron chi connectivity index (χ4n) is 6.30. The molecular weight excluding hydrogens is 542 g/mol. The molecule has 2 N–H and O–H groups in total. The number of rotatable bonds is 12. The van der Waals surface area contributed by atoms with E-state index in [0.717, 1.165) is 25.2 Å². The van der Waals surface area contributed by atoms with E-state index in [-0.39, 0.29) is 29.9 Å². The number of likely N-dealkylation sites (tertiary alicyclic amines) is 1. The summed E-state index contributed by atoms with van der Waals surface area (Å²) in [6.45, 7) is 8.34. The van der Waals surface area contributed by atoms with Crippen molar-refractivity contribution in [3.05, 3.63) is 24.3 Å². The van der Waals surface area contributed by atoms with Gasteiger partial charge in [-0.2, -0.15) is 0 Å². The van der Waals surface area contributed by atoms with E-state index >= 15 is 0 Å². The molecule has 6 atom stereocenters. The SMILES string of the molecule is CCOC(=O)[C@H]1[C@@H]2O[C@@]3(CC2Br)[C@@H]1C(=O)N(CCCCCO)[C@@H]3C(=O)Nc1ccc(N(CC)CC)cc1. The highest BCUT2D eigenvalue weighted by Crippen LogP contribution is 2.60.